The lowest BCUT2D eigenvalue weighted by Crippen LogP contribution is -2.50. The van der Waals surface area contributed by atoms with Crippen LogP contribution in [0.15, 0.2) is 0 Å². The molecule has 2 rings (SSSR count). The second-order valence-corrected chi connectivity index (χ2v) is 6.48. The topological polar surface area (TPSA) is 12.0 Å². The summed E-state index contributed by atoms with van der Waals surface area (Å²) < 4.78 is 0. The number of rotatable bonds is 3. The minimum atomic E-state index is 0.479. The van der Waals surface area contributed by atoms with Gasteiger partial charge in [-0.05, 0) is 42.9 Å². The number of nitrogens with one attached hydrogen (secondary N) is 1. The number of hydrogen-bond acceptors (Lipinski definition) is 1. The monoisotopic (exact) mass is 219 g/mol. The standard InChI is InChI=1S/C15H25N/c1-5-6-7-10-16-13-14(2,3)12-8-9-15(13,4)11-12/h12-13,16H,7-11H2,1-4H3/t12-,13?,15+/m0/s1. The number of hydrogen-bond donors (Lipinski definition) is 1. The minimum Gasteiger partial charge on any atom is -0.312 e. The first-order valence-electron chi connectivity index (χ1n) is 6.64. The summed E-state index contributed by atoms with van der Waals surface area (Å²) in [7, 11) is 0. The maximum Gasteiger partial charge on any atom is 0.0214 e. The first kappa shape index (κ1) is 12.0. The van der Waals surface area contributed by atoms with Crippen molar-refractivity contribution >= 4 is 0 Å². The molecule has 2 aliphatic rings. The Morgan fingerprint density at radius 1 is 1.31 bits per heavy atom. The highest BCUT2D eigenvalue weighted by atomic mass is 15.0. The molecule has 0 radical (unpaired) electrons. The van der Waals surface area contributed by atoms with Crippen molar-refractivity contribution in [3.63, 3.8) is 0 Å². The summed E-state index contributed by atoms with van der Waals surface area (Å²) in [5.41, 5.74) is 1.03. The second-order valence-electron chi connectivity index (χ2n) is 6.48. The minimum absolute atomic E-state index is 0.479. The quantitative estimate of drug-likeness (QED) is 0.568. The van der Waals surface area contributed by atoms with Gasteiger partial charge >= 0.3 is 0 Å². The van der Waals surface area contributed by atoms with E-state index < -0.39 is 0 Å². The van der Waals surface area contributed by atoms with Gasteiger partial charge in [-0.25, -0.2) is 0 Å². The first-order valence-corrected chi connectivity index (χ1v) is 6.64. The molecule has 0 saturated heterocycles. The van der Waals surface area contributed by atoms with Gasteiger partial charge in [0.1, 0.15) is 0 Å². The molecule has 0 heterocycles. The van der Waals surface area contributed by atoms with Gasteiger partial charge in [0.15, 0.2) is 0 Å². The fourth-order valence-corrected chi connectivity index (χ4v) is 4.22. The van der Waals surface area contributed by atoms with E-state index in [0.29, 0.717) is 16.9 Å². The van der Waals surface area contributed by atoms with Crippen molar-refractivity contribution < 1.29 is 0 Å². The van der Waals surface area contributed by atoms with Gasteiger partial charge in [-0.3, -0.25) is 0 Å². The van der Waals surface area contributed by atoms with Gasteiger partial charge < -0.3 is 5.32 Å². The van der Waals surface area contributed by atoms with Gasteiger partial charge in [-0.15, -0.1) is 11.8 Å². The molecule has 0 spiro atoms. The van der Waals surface area contributed by atoms with E-state index in [1.54, 1.807) is 0 Å². The summed E-state index contributed by atoms with van der Waals surface area (Å²) >= 11 is 0. The van der Waals surface area contributed by atoms with Crippen molar-refractivity contribution in [1.29, 1.82) is 0 Å². The average molecular weight is 219 g/mol. The third-order valence-corrected chi connectivity index (χ3v) is 5.05. The van der Waals surface area contributed by atoms with Gasteiger partial charge in [-0.2, -0.15) is 0 Å². The normalized spacial score (nSPS) is 39.5. The Kier molecular flexibility index (Phi) is 3.05. The van der Waals surface area contributed by atoms with E-state index in [1.165, 1.54) is 19.3 Å². The van der Waals surface area contributed by atoms with Crippen molar-refractivity contribution in [3.8, 4) is 11.8 Å². The number of fused-ring (bicyclic) bond motifs is 2. The summed E-state index contributed by atoms with van der Waals surface area (Å²) in [5, 5.41) is 3.78. The molecular formula is C15H25N. The van der Waals surface area contributed by atoms with Gasteiger partial charge in [0.2, 0.25) is 0 Å². The van der Waals surface area contributed by atoms with Gasteiger partial charge in [0, 0.05) is 19.0 Å². The van der Waals surface area contributed by atoms with Crippen molar-refractivity contribution in [2.45, 2.75) is 59.4 Å². The lowest BCUT2D eigenvalue weighted by Gasteiger charge is -2.43. The molecular weight excluding hydrogens is 194 g/mol. The van der Waals surface area contributed by atoms with Crippen LogP contribution in [0.5, 0.6) is 0 Å². The zero-order valence-corrected chi connectivity index (χ0v) is 11.2. The summed E-state index contributed by atoms with van der Waals surface area (Å²) in [6, 6.07) is 0.692. The fraction of sp³-hybridized carbons (Fsp3) is 0.867. The van der Waals surface area contributed by atoms with Crippen LogP contribution in [0.3, 0.4) is 0 Å². The van der Waals surface area contributed by atoms with E-state index in [9.17, 15) is 0 Å². The molecule has 3 atom stereocenters. The van der Waals surface area contributed by atoms with Gasteiger partial charge in [0.05, 0.1) is 0 Å². The predicted octanol–water partition coefficient (Wildman–Crippen LogP) is 3.20. The zero-order chi connectivity index (χ0) is 11.8. The molecule has 0 aromatic heterocycles. The maximum atomic E-state index is 3.78. The van der Waals surface area contributed by atoms with Gasteiger partial charge in [0.25, 0.3) is 0 Å². The molecule has 0 aromatic rings. The molecule has 2 bridgehead atoms. The van der Waals surface area contributed by atoms with Crippen molar-refractivity contribution in [1.82, 2.24) is 5.32 Å². The molecule has 2 saturated carbocycles. The summed E-state index contributed by atoms with van der Waals surface area (Å²) in [5.74, 6) is 7.05. The van der Waals surface area contributed by atoms with Crippen LogP contribution in [-0.2, 0) is 0 Å². The SMILES string of the molecule is CC#CCCNC1C(C)(C)[C@H]2CC[C@]1(C)C2. The molecule has 2 fully saturated rings. The van der Waals surface area contributed by atoms with E-state index in [-0.39, 0.29) is 0 Å². The van der Waals surface area contributed by atoms with Crippen LogP contribution in [0.25, 0.3) is 0 Å². The van der Waals surface area contributed by atoms with E-state index in [2.05, 4.69) is 37.9 Å². The van der Waals surface area contributed by atoms with Crippen molar-refractivity contribution in [2.75, 3.05) is 6.54 Å². The van der Waals surface area contributed by atoms with E-state index in [1.807, 2.05) is 6.92 Å². The molecule has 16 heavy (non-hydrogen) atoms. The molecule has 0 aliphatic heterocycles. The summed E-state index contributed by atoms with van der Waals surface area (Å²) in [6.45, 7) is 10.3. The zero-order valence-electron chi connectivity index (χ0n) is 11.2. The van der Waals surface area contributed by atoms with Crippen LogP contribution >= 0.6 is 0 Å². The third kappa shape index (κ3) is 1.78. The Morgan fingerprint density at radius 2 is 2.06 bits per heavy atom. The van der Waals surface area contributed by atoms with Gasteiger partial charge in [-0.1, -0.05) is 20.8 Å². The molecule has 90 valence electrons. The van der Waals surface area contributed by atoms with E-state index >= 15 is 0 Å². The van der Waals surface area contributed by atoms with E-state index in [4.69, 9.17) is 0 Å². The average Bonchev–Trinajstić information content (AvgIpc) is 2.68. The highest BCUT2D eigenvalue weighted by Crippen LogP contribution is 2.62. The maximum absolute atomic E-state index is 3.78. The van der Waals surface area contributed by atoms with Crippen LogP contribution in [0.1, 0.15) is 53.4 Å². The van der Waals surface area contributed by atoms with Crippen LogP contribution in [0, 0.1) is 28.6 Å². The molecule has 0 aromatic carbocycles. The van der Waals surface area contributed by atoms with Crippen LogP contribution in [0.4, 0.5) is 0 Å². The molecule has 2 aliphatic carbocycles. The Balaban J connectivity index is 1.99. The second kappa shape index (κ2) is 4.08. The molecule has 1 unspecified atom stereocenters. The summed E-state index contributed by atoms with van der Waals surface area (Å²) in [6.07, 6.45) is 5.27. The van der Waals surface area contributed by atoms with E-state index in [0.717, 1.165) is 18.9 Å². The molecule has 1 N–H and O–H groups in total. The highest BCUT2D eigenvalue weighted by Gasteiger charge is 2.58. The lowest BCUT2D eigenvalue weighted by atomic mass is 9.68. The van der Waals surface area contributed by atoms with Crippen LogP contribution < -0.4 is 5.32 Å². The molecule has 0 amide bonds. The molecule has 1 nitrogen and oxygen atoms in total. The Bertz CT molecular complexity index is 315. The van der Waals surface area contributed by atoms with Crippen molar-refractivity contribution in [3.05, 3.63) is 0 Å². The van der Waals surface area contributed by atoms with Crippen LogP contribution in [0.2, 0.25) is 0 Å². The predicted molar refractivity (Wildman–Crippen MR) is 69.1 cm³/mol. The Labute approximate surface area is 100 Å². The fourth-order valence-electron chi connectivity index (χ4n) is 4.22. The van der Waals surface area contributed by atoms with Crippen molar-refractivity contribution in [2.24, 2.45) is 16.7 Å². The summed E-state index contributed by atoms with van der Waals surface area (Å²) in [4.78, 5) is 0. The molecule has 1 heteroatoms. The third-order valence-electron chi connectivity index (χ3n) is 5.05. The van der Waals surface area contributed by atoms with Crippen LogP contribution in [-0.4, -0.2) is 12.6 Å². The lowest BCUT2D eigenvalue weighted by molar-refractivity contribution is 0.110. The Morgan fingerprint density at radius 3 is 2.62 bits per heavy atom. The first-order chi connectivity index (χ1) is 7.50. The smallest absolute Gasteiger partial charge is 0.0214 e. The largest absolute Gasteiger partial charge is 0.312 e. The highest BCUT2D eigenvalue weighted by molar-refractivity contribution is 5.12. The Hall–Kier alpha value is -0.480.